The maximum atomic E-state index is 12.0. The highest BCUT2D eigenvalue weighted by Crippen LogP contribution is 2.19. The van der Waals surface area contributed by atoms with Crippen LogP contribution in [0.1, 0.15) is 12.5 Å². The van der Waals surface area contributed by atoms with Crippen molar-refractivity contribution in [3.05, 3.63) is 29.8 Å². The first kappa shape index (κ1) is 15.5. The zero-order valence-corrected chi connectivity index (χ0v) is 10.9. The fourth-order valence-electron chi connectivity index (χ4n) is 1.75. The summed E-state index contributed by atoms with van der Waals surface area (Å²) in [6.45, 7) is 2.56. The Kier molecular flexibility index (Phi) is 5.35. The fraction of sp³-hybridized carbons (Fsp3) is 0.462. The summed E-state index contributed by atoms with van der Waals surface area (Å²) in [5.41, 5.74) is 1.64. The van der Waals surface area contributed by atoms with Crippen LogP contribution >= 0.6 is 0 Å². The Hall–Kier alpha value is -1.56. The van der Waals surface area contributed by atoms with E-state index < -0.39 is 12.7 Å². The van der Waals surface area contributed by atoms with Gasteiger partial charge in [-0.1, -0.05) is 18.2 Å². The van der Waals surface area contributed by atoms with Gasteiger partial charge >= 0.3 is 6.18 Å². The molecule has 0 unspecified atom stereocenters. The minimum atomic E-state index is -4.31. The Bertz CT molecular complexity index is 432. The van der Waals surface area contributed by atoms with Crippen LogP contribution in [0.25, 0.3) is 0 Å². The zero-order valence-electron chi connectivity index (χ0n) is 10.9. The predicted molar refractivity (Wildman–Crippen MR) is 68.1 cm³/mol. The van der Waals surface area contributed by atoms with E-state index in [1.165, 1.54) is 4.90 Å². The molecule has 19 heavy (non-hydrogen) atoms. The van der Waals surface area contributed by atoms with Crippen molar-refractivity contribution in [1.82, 2.24) is 5.32 Å². The molecule has 1 aromatic rings. The Balaban J connectivity index is 2.65. The van der Waals surface area contributed by atoms with Crippen molar-refractivity contribution in [2.24, 2.45) is 0 Å². The number of carbonyl (C=O) groups is 1. The second-order valence-corrected chi connectivity index (χ2v) is 4.14. The van der Waals surface area contributed by atoms with Crippen LogP contribution in [0.3, 0.4) is 0 Å². The quantitative estimate of drug-likeness (QED) is 0.894. The van der Waals surface area contributed by atoms with Gasteiger partial charge < -0.3 is 10.2 Å². The average molecular weight is 274 g/mol. The van der Waals surface area contributed by atoms with Crippen molar-refractivity contribution in [2.45, 2.75) is 20.0 Å². The molecule has 0 atom stereocenters. The number of para-hydroxylation sites is 1. The summed E-state index contributed by atoms with van der Waals surface area (Å²) in [6, 6.07) is 7.27. The predicted octanol–water partition coefficient (Wildman–Crippen LogP) is 2.50. The van der Waals surface area contributed by atoms with Gasteiger partial charge in [0.05, 0.1) is 13.1 Å². The topological polar surface area (TPSA) is 32.3 Å². The van der Waals surface area contributed by atoms with Crippen LogP contribution in [0, 0.1) is 6.92 Å². The standard InChI is InChI=1S/C13H17F3N2O/c1-3-18(11-7-5-4-6-10(11)2)12(19)8-17-9-13(14,15)16/h4-7,17H,3,8-9H2,1-2H3. The molecule has 0 radical (unpaired) electrons. The van der Waals surface area contributed by atoms with Gasteiger partial charge in [-0.25, -0.2) is 0 Å². The number of halogens is 3. The van der Waals surface area contributed by atoms with Gasteiger partial charge in [-0.05, 0) is 25.5 Å². The van der Waals surface area contributed by atoms with Crippen LogP contribution in [0.2, 0.25) is 0 Å². The first-order valence-corrected chi connectivity index (χ1v) is 5.98. The first-order chi connectivity index (χ1) is 8.85. The maximum Gasteiger partial charge on any atom is 0.401 e. The maximum absolute atomic E-state index is 12.0. The van der Waals surface area contributed by atoms with E-state index in [0.29, 0.717) is 6.54 Å². The van der Waals surface area contributed by atoms with E-state index in [-0.39, 0.29) is 12.5 Å². The summed E-state index contributed by atoms with van der Waals surface area (Å²) in [4.78, 5) is 13.4. The molecule has 0 saturated carbocycles. The molecule has 0 aliphatic rings. The lowest BCUT2D eigenvalue weighted by Gasteiger charge is -2.23. The molecule has 0 heterocycles. The number of alkyl halides is 3. The molecule has 1 rings (SSSR count). The second kappa shape index (κ2) is 6.56. The minimum absolute atomic E-state index is 0.332. The van der Waals surface area contributed by atoms with Crippen LogP contribution < -0.4 is 10.2 Å². The van der Waals surface area contributed by atoms with Gasteiger partial charge in [0.25, 0.3) is 0 Å². The molecule has 0 spiro atoms. The van der Waals surface area contributed by atoms with Gasteiger partial charge in [0.1, 0.15) is 0 Å². The summed E-state index contributed by atoms with van der Waals surface area (Å²) >= 11 is 0. The third-order valence-corrected chi connectivity index (χ3v) is 2.63. The smallest absolute Gasteiger partial charge is 0.311 e. The third-order valence-electron chi connectivity index (χ3n) is 2.63. The van der Waals surface area contributed by atoms with Crippen molar-refractivity contribution >= 4 is 11.6 Å². The molecule has 6 heteroatoms. The first-order valence-electron chi connectivity index (χ1n) is 5.98. The van der Waals surface area contributed by atoms with Gasteiger partial charge in [0.15, 0.2) is 0 Å². The molecule has 1 N–H and O–H groups in total. The van der Waals surface area contributed by atoms with Crippen molar-refractivity contribution in [2.75, 3.05) is 24.5 Å². The molecule has 0 fully saturated rings. The Morgan fingerprint density at radius 3 is 2.47 bits per heavy atom. The SMILES string of the molecule is CCN(C(=O)CNCC(F)(F)F)c1ccccc1C. The Morgan fingerprint density at radius 2 is 1.95 bits per heavy atom. The van der Waals surface area contributed by atoms with Crippen LogP contribution in [0.4, 0.5) is 18.9 Å². The minimum Gasteiger partial charge on any atom is -0.311 e. The van der Waals surface area contributed by atoms with Crippen molar-refractivity contribution in [1.29, 1.82) is 0 Å². The molecule has 1 amide bonds. The van der Waals surface area contributed by atoms with E-state index in [9.17, 15) is 18.0 Å². The molecule has 106 valence electrons. The van der Waals surface area contributed by atoms with Gasteiger partial charge in [-0.2, -0.15) is 13.2 Å². The molecule has 0 bridgehead atoms. The highest BCUT2D eigenvalue weighted by atomic mass is 19.4. The van der Waals surface area contributed by atoms with E-state index in [0.717, 1.165) is 11.3 Å². The van der Waals surface area contributed by atoms with E-state index >= 15 is 0 Å². The number of hydrogen-bond acceptors (Lipinski definition) is 2. The van der Waals surface area contributed by atoms with Gasteiger partial charge in [0.2, 0.25) is 5.91 Å². The average Bonchev–Trinajstić information content (AvgIpc) is 2.31. The lowest BCUT2D eigenvalue weighted by Crippen LogP contribution is -2.41. The molecule has 0 saturated heterocycles. The van der Waals surface area contributed by atoms with Crippen molar-refractivity contribution in [3.8, 4) is 0 Å². The van der Waals surface area contributed by atoms with Crippen molar-refractivity contribution < 1.29 is 18.0 Å². The molecule has 0 aromatic heterocycles. The normalized spacial score (nSPS) is 11.4. The van der Waals surface area contributed by atoms with Crippen molar-refractivity contribution in [3.63, 3.8) is 0 Å². The lowest BCUT2D eigenvalue weighted by atomic mass is 10.2. The van der Waals surface area contributed by atoms with Crippen LogP contribution in [0.5, 0.6) is 0 Å². The molecule has 3 nitrogen and oxygen atoms in total. The van der Waals surface area contributed by atoms with E-state index in [1.807, 2.05) is 19.1 Å². The number of anilines is 1. The Morgan fingerprint density at radius 1 is 1.32 bits per heavy atom. The number of likely N-dealkylation sites (N-methyl/N-ethyl adjacent to an activating group) is 1. The number of amides is 1. The van der Waals surface area contributed by atoms with Gasteiger partial charge in [-0.15, -0.1) is 0 Å². The third kappa shape index (κ3) is 4.90. The van der Waals surface area contributed by atoms with Gasteiger partial charge in [0, 0.05) is 12.2 Å². The summed E-state index contributed by atoms with van der Waals surface area (Å²) in [7, 11) is 0. The number of nitrogens with one attached hydrogen (secondary N) is 1. The molecule has 1 aromatic carbocycles. The summed E-state index contributed by atoms with van der Waals surface area (Å²) < 4.78 is 36.0. The zero-order chi connectivity index (χ0) is 14.5. The van der Waals surface area contributed by atoms with Gasteiger partial charge in [-0.3, -0.25) is 4.79 Å². The van der Waals surface area contributed by atoms with Crippen LogP contribution in [0.15, 0.2) is 24.3 Å². The summed E-state index contributed by atoms with van der Waals surface area (Å²) in [6.07, 6.45) is -4.31. The number of carbonyl (C=O) groups excluding carboxylic acids is 1. The number of nitrogens with zero attached hydrogens (tertiary/aromatic N) is 1. The van der Waals surface area contributed by atoms with E-state index in [1.54, 1.807) is 19.1 Å². The lowest BCUT2D eigenvalue weighted by molar-refractivity contribution is -0.127. The summed E-state index contributed by atoms with van der Waals surface area (Å²) in [5, 5.41) is 2.11. The highest BCUT2D eigenvalue weighted by molar-refractivity contribution is 5.95. The monoisotopic (exact) mass is 274 g/mol. The molecular formula is C13H17F3N2O. The molecular weight excluding hydrogens is 257 g/mol. The molecule has 0 aliphatic heterocycles. The number of aryl methyl sites for hydroxylation is 1. The van der Waals surface area contributed by atoms with Crippen LogP contribution in [-0.2, 0) is 4.79 Å². The fourth-order valence-corrected chi connectivity index (χ4v) is 1.75. The number of hydrogen-bond donors (Lipinski definition) is 1. The second-order valence-electron chi connectivity index (χ2n) is 4.14. The van der Waals surface area contributed by atoms with Crippen LogP contribution in [-0.4, -0.2) is 31.7 Å². The van der Waals surface area contributed by atoms with E-state index in [2.05, 4.69) is 5.32 Å². The van der Waals surface area contributed by atoms with E-state index in [4.69, 9.17) is 0 Å². The largest absolute Gasteiger partial charge is 0.401 e. The number of rotatable bonds is 5. The highest BCUT2D eigenvalue weighted by Gasteiger charge is 2.27. The molecule has 0 aliphatic carbocycles. The number of benzene rings is 1. The summed E-state index contributed by atoms with van der Waals surface area (Å²) in [5.74, 6) is -0.374. The Labute approximate surface area is 110 Å².